The molecule has 1 atom stereocenters. The fourth-order valence-electron chi connectivity index (χ4n) is 2.69. The van der Waals surface area contributed by atoms with Gasteiger partial charge < -0.3 is 5.32 Å². The van der Waals surface area contributed by atoms with E-state index in [-0.39, 0.29) is 0 Å². The van der Waals surface area contributed by atoms with E-state index in [1.807, 2.05) is 0 Å². The molecule has 0 spiro atoms. The third-order valence-electron chi connectivity index (χ3n) is 3.89. The highest BCUT2D eigenvalue weighted by molar-refractivity contribution is 5.25. The number of alkyl halides is 3. The van der Waals surface area contributed by atoms with Crippen molar-refractivity contribution in [3.05, 3.63) is 35.4 Å². The Bertz CT molecular complexity index is 424. The SMILES string of the molecule is CCNC(CCCc1cccc(C(F)(F)F)c1)C1CC1. The maximum Gasteiger partial charge on any atom is 0.416 e. The van der Waals surface area contributed by atoms with Crippen molar-refractivity contribution in [2.75, 3.05) is 6.54 Å². The van der Waals surface area contributed by atoms with Crippen LogP contribution in [-0.2, 0) is 12.6 Å². The minimum absolute atomic E-state index is 0.541. The van der Waals surface area contributed by atoms with Crippen molar-refractivity contribution in [1.29, 1.82) is 0 Å². The molecule has 0 heterocycles. The summed E-state index contributed by atoms with van der Waals surface area (Å²) in [6.07, 6.45) is 1.06. The standard InChI is InChI=1S/C16H22F3N/c1-2-20-15(13-9-10-13)8-4-6-12-5-3-7-14(11-12)16(17,18)19/h3,5,7,11,13,15,20H,2,4,6,8-10H2,1H3. The second kappa shape index (κ2) is 6.61. The average Bonchev–Trinajstić information content (AvgIpc) is 3.21. The molecule has 1 fully saturated rings. The van der Waals surface area contributed by atoms with Gasteiger partial charge in [-0.1, -0.05) is 25.1 Å². The van der Waals surface area contributed by atoms with Crippen LogP contribution < -0.4 is 5.32 Å². The van der Waals surface area contributed by atoms with E-state index in [1.54, 1.807) is 6.07 Å². The van der Waals surface area contributed by atoms with Crippen molar-refractivity contribution in [1.82, 2.24) is 5.32 Å². The Hall–Kier alpha value is -1.03. The van der Waals surface area contributed by atoms with E-state index in [4.69, 9.17) is 0 Å². The van der Waals surface area contributed by atoms with Crippen LogP contribution in [0.4, 0.5) is 13.2 Å². The number of rotatable bonds is 7. The van der Waals surface area contributed by atoms with Gasteiger partial charge in [0.2, 0.25) is 0 Å². The minimum atomic E-state index is -4.24. The number of hydrogen-bond donors (Lipinski definition) is 1. The van der Waals surface area contributed by atoms with Gasteiger partial charge in [0.15, 0.2) is 0 Å². The van der Waals surface area contributed by atoms with Crippen LogP contribution >= 0.6 is 0 Å². The fraction of sp³-hybridized carbons (Fsp3) is 0.625. The van der Waals surface area contributed by atoms with E-state index in [2.05, 4.69) is 12.2 Å². The van der Waals surface area contributed by atoms with Gasteiger partial charge in [-0.2, -0.15) is 13.2 Å². The van der Waals surface area contributed by atoms with Crippen LogP contribution in [0.1, 0.15) is 43.7 Å². The summed E-state index contributed by atoms with van der Waals surface area (Å²) in [4.78, 5) is 0. The Morgan fingerprint density at radius 2 is 2.05 bits per heavy atom. The van der Waals surface area contributed by atoms with Gasteiger partial charge in [-0.3, -0.25) is 0 Å². The molecule has 0 aliphatic heterocycles. The lowest BCUT2D eigenvalue weighted by molar-refractivity contribution is -0.137. The summed E-state index contributed by atoms with van der Waals surface area (Å²) in [6, 6.07) is 6.25. The third-order valence-corrected chi connectivity index (χ3v) is 3.89. The number of hydrogen-bond acceptors (Lipinski definition) is 1. The molecule has 0 radical (unpaired) electrons. The van der Waals surface area contributed by atoms with E-state index in [0.29, 0.717) is 6.04 Å². The molecule has 112 valence electrons. The van der Waals surface area contributed by atoms with Gasteiger partial charge in [-0.25, -0.2) is 0 Å². The smallest absolute Gasteiger partial charge is 0.314 e. The predicted octanol–water partition coefficient (Wildman–Crippen LogP) is 4.42. The Kier molecular flexibility index (Phi) is 5.08. The van der Waals surface area contributed by atoms with Gasteiger partial charge in [-0.05, 0) is 56.2 Å². The van der Waals surface area contributed by atoms with Gasteiger partial charge in [0, 0.05) is 6.04 Å². The Balaban J connectivity index is 1.84. The first-order valence-electron chi connectivity index (χ1n) is 7.40. The zero-order valence-electron chi connectivity index (χ0n) is 11.8. The molecule has 1 unspecified atom stereocenters. The molecule has 0 saturated heterocycles. The molecule has 1 nitrogen and oxygen atoms in total. The van der Waals surface area contributed by atoms with Crippen LogP contribution in [-0.4, -0.2) is 12.6 Å². The highest BCUT2D eigenvalue weighted by Gasteiger charge is 2.31. The van der Waals surface area contributed by atoms with Gasteiger partial charge in [0.1, 0.15) is 0 Å². The van der Waals surface area contributed by atoms with Gasteiger partial charge in [0.05, 0.1) is 5.56 Å². The molecule has 0 aromatic heterocycles. The maximum absolute atomic E-state index is 12.6. The Morgan fingerprint density at radius 1 is 1.30 bits per heavy atom. The lowest BCUT2D eigenvalue weighted by Crippen LogP contribution is -2.30. The summed E-state index contributed by atoms with van der Waals surface area (Å²) in [6.45, 7) is 3.06. The highest BCUT2D eigenvalue weighted by atomic mass is 19.4. The van der Waals surface area contributed by atoms with Crippen molar-refractivity contribution in [3.8, 4) is 0 Å². The summed E-state index contributed by atoms with van der Waals surface area (Å²) < 4.78 is 37.9. The molecular formula is C16H22F3N. The molecule has 20 heavy (non-hydrogen) atoms. The third kappa shape index (κ3) is 4.51. The van der Waals surface area contributed by atoms with Crippen LogP contribution in [0.3, 0.4) is 0 Å². The van der Waals surface area contributed by atoms with Crippen molar-refractivity contribution in [3.63, 3.8) is 0 Å². The number of aryl methyl sites for hydroxylation is 1. The van der Waals surface area contributed by atoms with Gasteiger partial charge in [-0.15, -0.1) is 0 Å². The average molecular weight is 285 g/mol. The van der Waals surface area contributed by atoms with E-state index in [9.17, 15) is 13.2 Å². The Labute approximate surface area is 118 Å². The predicted molar refractivity (Wildman–Crippen MR) is 74.6 cm³/mol. The first-order chi connectivity index (χ1) is 9.50. The molecule has 0 amide bonds. The van der Waals surface area contributed by atoms with E-state index >= 15 is 0 Å². The molecule has 2 rings (SSSR count). The van der Waals surface area contributed by atoms with Crippen molar-refractivity contribution >= 4 is 0 Å². The molecule has 0 bridgehead atoms. The van der Waals surface area contributed by atoms with Gasteiger partial charge in [0.25, 0.3) is 0 Å². The molecule has 1 saturated carbocycles. The summed E-state index contributed by atoms with van der Waals surface area (Å²) in [5.74, 6) is 0.788. The molecule has 1 aromatic carbocycles. The van der Waals surface area contributed by atoms with E-state index in [1.165, 1.54) is 25.0 Å². The van der Waals surface area contributed by atoms with Crippen molar-refractivity contribution in [2.45, 2.75) is 51.2 Å². The zero-order valence-corrected chi connectivity index (χ0v) is 11.8. The zero-order chi connectivity index (χ0) is 14.6. The van der Waals surface area contributed by atoms with Crippen LogP contribution in [0.2, 0.25) is 0 Å². The Morgan fingerprint density at radius 3 is 2.65 bits per heavy atom. The number of benzene rings is 1. The molecule has 1 aliphatic rings. The van der Waals surface area contributed by atoms with Crippen molar-refractivity contribution in [2.24, 2.45) is 5.92 Å². The summed E-state index contributed by atoms with van der Waals surface area (Å²) in [5.41, 5.74) is 0.242. The monoisotopic (exact) mass is 285 g/mol. The molecular weight excluding hydrogens is 263 g/mol. The van der Waals surface area contributed by atoms with Crippen LogP contribution in [0.15, 0.2) is 24.3 Å². The second-order valence-electron chi connectivity index (χ2n) is 5.59. The lowest BCUT2D eigenvalue weighted by Gasteiger charge is -2.17. The number of nitrogens with one attached hydrogen (secondary N) is 1. The summed E-state index contributed by atoms with van der Waals surface area (Å²) in [5, 5.41) is 3.49. The van der Waals surface area contributed by atoms with Crippen LogP contribution in [0.25, 0.3) is 0 Å². The highest BCUT2D eigenvalue weighted by Crippen LogP contribution is 2.35. The molecule has 1 N–H and O–H groups in total. The normalized spacial score (nSPS) is 17.2. The molecule has 1 aliphatic carbocycles. The van der Waals surface area contributed by atoms with Crippen molar-refractivity contribution < 1.29 is 13.2 Å². The van der Waals surface area contributed by atoms with E-state index < -0.39 is 11.7 Å². The topological polar surface area (TPSA) is 12.0 Å². The van der Waals surface area contributed by atoms with Crippen LogP contribution in [0, 0.1) is 5.92 Å². The first-order valence-corrected chi connectivity index (χ1v) is 7.40. The molecule has 4 heteroatoms. The lowest BCUT2D eigenvalue weighted by atomic mass is 10.0. The first kappa shape index (κ1) is 15.4. The summed E-state index contributed by atoms with van der Waals surface area (Å²) in [7, 11) is 0. The van der Waals surface area contributed by atoms with E-state index in [0.717, 1.165) is 43.4 Å². The number of halogens is 3. The van der Waals surface area contributed by atoms with Crippen LogP contribution in [0.5, 0.6) is 0 Å². The largest absolute Gasteiger partial charge is 0.416 e. The minimum Gasteiger partial charge on any atom is -0.314 e. The summed E-state index contributed by atoms with van der Waals surface area (Å²) >= 11 is 0. The quantitative estimate of drug-likeness (QED) is 0.782. The fourth-order valence-corrected chi connectivity index (χ4v) is 2.69. The molecule has 1 aromatic rings. The maximum atomic E-state index is 12.6. The second-order valence-corrected chi connectivity index (χ2v) is 5.59. The van der Waals surface area contributed by atoms with Gasteiger partial charge >= 0.3 is 6.18 Å².